The second kappa shape index (κ2) is 7.21. The number of ether oxygens (including phenoxy) is 2. The SMILES string of the molecule is COCCOCCCCn1c(N)nc2c(C)ccnc21. The highest BCUT2D eigenvalue weighted by Crippen LogP contribution is 2.19. The number of rotatable bonds is 8. The minimum atomic E-state index is 0.530. The van der Waals surface area contributed by atoms with Crippen molar-refractivity contribution in [1.29, 1.82) is 0 Å². The molecule has 0 fully saturated rings. The number of nitrogen functional groups attached to an aromatic ring is 1. The van der Waals surface area contributed by atoms with Crippen LogP contribution in [0.15, 0.2) is 12.3 Å². The van der Waals surface area contributed by atoms with Crippen LogP contribution < -0.4 is 5.73 Å². The number of nitrogens with zero attached hydrogens (tertiary/aromatic N) is 3. The third kappa shape index (κ3) is 3.46. The molecule has 0 bridgehead atoms. The first kappa shape index (κ1) is 14.7. The Hall–Kier alpha value is -1.66. The first-order valence-electron chi connectivity index (χ1n) is 6.88. The number of unbranched alkanes of at least 4 members (excludes halogenated alkanes) is 1. The molecule has 0 aromatic carbocycles. The van der Waals surface area contributed by atoms with Crippen molar-refractivity contribution in [1.82, 2.24) is 14.5 Å². The van der Waals surface area contributed by atoms with Gasteiger partial charge in [-0.25, -0.2) is 9.97 Å². The monoisotopic (exact) mass is 278 g/mol. The predicted molar refractivity (Wildman–Crippen MR) is 78.6 cm³/mol. The van der Waals surface area contributed by atoms with Crippen LogP contribution >= 0.6 is 0 Å². The number of hydrogen-bond donors (Lipinski definition) is 1. The average molecular weight is 278 g/mol. The van der Waals surface area contributed by atoms with Crippen LogP contribution in [0.5, 0.6) is 0 Å². The number of hydrogen-bond acceptors (Lipinski definition) is 5. The van der Waals surface area contributed by atoms with Gasteiger partial charge in [-0.15, -0.1) is 0 Å². The largest absolute Gasteiger partial charge is 0.382 e. The van der Waals surface area contributed by atoms with Gasteiger partial charge in [-0.3, -0.25) is 4.57 Å². The van der Waals surface area contributed by atoms with Crippen LogP contribution in [0, 0.1) is 6.92 Å². The number of nitrogens with two attached hydrogens (primary N) is 1. The fourth-order valence-corrected chi connectivity index (χ4v) is 2.09. The molecule has 0 radical (unpaired) electrons. The van der Waals surface area contributed by atoms with Gasteiger partial charge in [0.05, 0.1) is 13.2 Å². The van der Waals surface area contributed by atoms with Crippen LogP contribution in [0.4, 0.5) is 5.95 Å². The van der Waals surface area contributed by atoms with Gasteiger partial charge >= 0.3 is 0 Å². The molecule has 0 aliphatic carbocycles. The third-order valence-corrected chi connectivity index (χ3v) is 3.22. The molecule has 0 aliphatic rings. The summed E-state index contributed by atoms with van der Waals surface area (Å²) < 4.78 is 12.3. The van der Waals surface area contributed by atoms with Gasteiger partial charge in [-0.2, -0.15) is 0 Å². The summed E-state index contributed by atoms with van der Waals surface area (Å²) in [7, 11) is 1.67. The summed E-state index contributed by atoms with van der Waals surface area (Å²) in [5.41, 5.74) is 8.82. The first-order valence-corrected chi connectivity index (χ1v) is 6.88. The Morgan fingerprint density at radius 3 is 2.90 bits per heavy atom. The van der Waals surface area contributed by atoms with Crippen molar-refractivity contribution in [3.63, 3.8) is 0 Å². The smallest absolute Gasteiger partial charge is 0.202 e. The standard InChI is InChI=1S/C14H22N4O2/c1-11-5-6-16-13-12(11)17-14(15)18(13)7-3-4-8-20-10-9-19-2/h5-6H,3-4,7-10H2,1-2H3,(H2,15,17). The van der Waals surface area contributed by atoms with E-state index < -0.39 is 0 Å². The summed E-state index contributed by atoms with van der Waals surface area (Å²) in [4.78, 5) is 8.76. The third-order valence-electron chi connectivity index (χ3n) is 3.22. The van der Waals surface area contributed by atoms with Crippen molar-refractivity contribution in [3.05, 3.63) is 17.8 Å². The second-order valence-electron chi connectivity index (χ2n) is 4.73. The molecule has 2 rings (SSSR count). The normalized spacial score (nSPS) is 11.3. The summed E-state index contributed by atoms with van der Waals surface area (Å²) >= 11 is 0. The quantitative estimate of drug-likeness (QED) is 0.745. The molecule has 2 aromatic rings. The topological polar surface area (TPSA) is 75.2 Å². The highest BCUT2D eigenvalue weighted by Gasteiger charge is 2.10. The van der Waals surface area contributed by atoms with Crippen molar-refractivity contribution in [3.8, 4) is 0 Å². The van der Waals surface area contributed by atoms with Crippen molar-refractivity contribution in [2.75, 3.05) is 32.7 Å². The summed E-state index contributed by atoms with van der Waals surface area (Å²) in [5, 5.41) is 0. The zero-order valence-electron chi connectivity index (χ0n) is 12.1. The first-order chi connectivity index (χ1) is 9.74. The van der Waals surface area contributed by atoms with Crippen LogP contribution in [0.1, 0.15) is 18.4 Å². The fourth-order valence-electron chi connectivity index (χ4n) is 2.09. The maximum absolute atomic E-state index is 5.97. The Bertz CT molecular complexity index is 553. The van der Waals surface area contributed by atoms with Gasteiger partial charge in [0.1, 0.15) is 5.52 Å². The van der Waals surface area contributed by atoms with Crippen LogP contribution in [0.25, 0.3) is 11.2 Å². The van der Waals surface area contributed by atoms with Crippen LogP contribution in [-0.4, -0.2) is 41.5 Å². The molecule has 0 atom stereocenters. The maximum Gasteiger partial charge on any atom is 0.202 e. The molecule has 0 amide bonds. The number of anilines is 1. The minimum absolute atomic E-state index is 0.530. The molecule has 6 nitrogen and oxygen atoms in total. The van der Waals surface area contributed by atoms with E-state index in [1.807, 2.05) is 17.6 Å². The molecule has 2 aromatic heterocycles. The molecule has 0 saturated carbocycles. The summed E-state index contributed by atoms with van der Waals surface area (Å²) in [6.07, 6.45) is 3.76. The molecule has 0 aliphatic heterocycles. The Labute approximate surface area is 118 Å². The number of aryl methyl sites for hydroxylation is 2. The highest BCUT2D eigenvalue weighted by molar-refractivity contribution is 5.77. The zero-order valence-corrected chi connectivity index (χ0v) is 12.1. The van der Waals surface area contributed by atoms with Crippen molar-refractivity contribution < 1.29 is 9.47 Å². The molecule has 6 heteroatoms. The fraction of sp³-hybridized carbons (Fsp3) is 0.571. The molecular weight excluding hydrogens is 256 g/mol. The zero-order chi connectivity index (χ0) is 14.4. The van der Waals surface area contributed by atoms with Crippen LogP contribution in [-0.2, 0) is 16.0 Å². The van der Waals surface area contributed by atoms with Crippen LogP contribution in [0.3, 0.4) is 0 Å². The van der Waals surface area contributed by atoms with Gasteiger partial charge in [-0.1, -0.05) is 0 Å². The molecule has 0 spiro atoms. The van der Waals surface area contributed by atoms with Gasteiger partial charge in [0.2, 0.25) is 5.95 Å². The van der Waals surface area contributed by atoms with Gasteiger partial charge in [0.15, 0.2) is 5.65 Å². The Morgan fingerprint density at radius 1 is 1.25 bits per heavy atom. The number of imidazole rings is 1. The van der Waals surface area contributed by atoms with Crippen molar-refractivity contribution >= 4 is 17.1 Å². The Balaban J connectivity index is 1.87. The molecular formula is C14H22N4O2. The Morgan fingerprint density at radius 2 is 2.10 bits per heavy atom. The van der Waals surface area contributed by atoms with E-state index in [-0.39, 0.29) is 0 Å². The van der Waals surface area contributed by atoms with E-state index in [2.05, 4.69) is 9.97 Å². The lowest BCUT2D eigenvalue weighted by Crippen LogP contribution is -2.07. The van der Waals surface area contributed by atoms with E-state index in [1.54, 1.807) is 13.3 Å². The maximum atomic E-state index is 5.97. The van der Waals surface area contributed by atoms with E-state index in [0.29, 0.717) is 19.2 Å². The molecule has 0 unspecified atom stereocenters. The van der Waals surface area contributed by atoms with E-state index in [1.165, 1.54) is 0 Å². The molecule has 110 valence electrons. The van der Waals surface area contributed by atoms with E-state index in [0.717, 1.165) is 42.7 Å². The number of pyridine rings is 1. The second-order valence-corrected chi connectivity index (χ2v) is 4.73. The van der Waals surface area contributed by atoms with Crippen molar-refractivity contribution in [2.24, 2.45) is 0 Å². The van der Waals surface area contributed by atoms with Gasteiger partial charge in [0.25, 0.3) is 0 Å². The lowest BCUT2D eigenvalue weighted by Gasteiger charge is -2.06. The average Bonchev–Trinajstić information content (AvgIpc) is 2.76. The Kier molecular flexibility index (Phi) is 5.31. The van der Waals surface area contributed by atoms with E-state index in [4.69, 9.17) is 15.2 Å². The molecule has 0 saturated heterocycles. The number of methoxy groups -OCH3 is 1. The summed E-state index contributed by atoms with van der Waals surface area (Å²) in [6.45, 7) is 4.86. The lowest BCUT2D eigenvalue weighted by atomic mass is 10.3. The number of aromatic nitrogens is 3. The summed E-state index contributed by atoms with van der Waals surface area (Å²) in [6, 6.07) is 1.95. The minimum Gasteiger partial charge on any atom is -0.382 e. The van der Waals surface area contributed by atoms with Gasteiger partial charge in [0, 0.05) is 26.5 Å². The van der Waals surface area contributed by atoms with Gasteiger partial charge < -0.3 is 15.2 Å². The predicted octanol–water partition coefficient (Wildman–Crippen LogP) is 1.77. The number of fused-ring (bicyclic) bond motifs is 1. The summed E-state index contributed by atoms with van der Waals surface area (Å²) in [5.74, 6) is 0.530. The lowest BCUT2D eigenvalue weighted by molar-refractivity contribution is 0.0684. The molecule has 2 N–H and O–H groups in total. The molecule has 2 heterocycles. The van der Waals surface area contributed by atoms with Crippen molar-refractivity contribution in [2.45, 2.75) is 26.3 Å². The van der Waals surface area contributed by atoms with Crippen LogP contribution in [0.2, 0.25) is 0 Å². The highest BCUT2D eigenvalue weighted by atomic mass is 16.5. The molecule has 20 heavy (non-hydrogen) atoms. The van der Waals surface area contributed by atoms with E-state index >= 15 is 0 Å². The van der Waals surface area contributed by atoms with Gasteiger partial charge in [-0.05, 0) is 31.4 Å². The van der Waals surface area contributed by atoms with E-state index in [9.17, 15) is 0 Å².